The minimum atomic E-state index is -0.355. The number of thiazole rings is 1. The molecule has 0 saturated heterocycles. The van der Waals surface area contributed by atoms with Gasteiger partial charge in [0, 0.05) is 11.4 Å². The maximum absolute atomic E-state index is 12.9. The molecule has 0 saturated carbocycles. The van der Waals surface area contributed by atoms with E-state index in [1.54, 1.807) is 18.2 Å². The highest BCUT2D eigenvalue weighted by Crippen LogP contribution is 2.31. The van der Waals surface area contributed by atoms with E-state index in [-0.39, 0.29) is 30.0 Å². The standard InChI is InChI=1S/C23H18FN3O3S2/c24-15-6-8-16(9-7-15)25-22(29)14-31-23-27-19-11-10-17(12-20(19)32-23)26-21(28)13-30-18-4-2-1-3-5-18/h1-12H,13-14H2,(H,25,29)(H,26,28). The summed E-state index contributed by atoms with van der Waals surface area (Å²) in [7, 11) is 0. The molecule has 0 bridgehead atoms. The maximum Gasteiger partial charge on any atom is 0.262 e. The first-order valence-corrected chi connectivity index (χ1v) is 11.4. The van der Waals surface area contributed by atoms with Crippen LogP contribution in [0.2, 0.25) is 0 Å². The predicted molar refractivity (Wildman–Crippen MR) is 126 cm³/mol. The number of amides is 2. The van der Waals surface area contributed by atoms with Crippen LogP contribution < -0.4 is 15.4 Å². The average Bonchev–Trinajstić information content (AvgIpc) is 3.21. The Labute approximate surface area is 191 Å². The van der Waals surface area contributed by atoms with Crippen LogP contribution in [0, 0.1) is 5.82 Å². The quantitative estimate of drug-likeness (QED) is 0.349. The third-order valence-electron chi connectivity index (χ3n) is 4.22. The Morgan fingerprint density at radius 2 is 1.66 bits per heavy atom. The molecule has 0 aliphatic carbocycles. The Balaban J connectivity index is 1.30. The normalized spacial score (nSPS) is 10.7. The number of aromatic nitrogens is 1. The molecule has 1 aromatic heterocycles. The van der Waals surface area contributed by atoms with Gasteiger partial charge in [-0.25, -0.2) is 9.37 Å². The van der Waals surface area contributed by atoms with E-state index >= 15 is 0 Å². The first-order valence-electron chi connectivity index (χ1n) is 9.62. The van der Waals surface area contributed by atoms with Crippen molar-refractivity contribution in [1.29, 1.82) is 0 Å². The molecule has 6 nitrogen and oxygen atoms in total. The Bertz CT molecular complexity index is 1230. The molecule has 1 heterocycles. The molecule has 9 heteroatoms. The number of nitrogens with one attached hydrogen (secondary N) is 2. The van der Waals surface area contributed by atoms with Crippen molar-refractivity contribution in [2.45, 2.75) is 4.34 Å². The average molecular weight is 468 g/mol. The highest BCUT2D eigenvalue weighted by atomic mass is 32.2. The number of rotatable bonds is 8. The summed E-state index contributed by atoms with van der Waals surface area (Å²) in [4.78, 5) is 28.8. The number of hydrogen-bond acceptors (Lipinski definition) is 6. The van der Waals surface area contributed by atoms with Crippen LogP contribution in [0.15, 0.2) is 77.1 Å². The highest BCUT2D eigenvalue weighted by molar-refractivity contribution is 8.01. The van der Waals surface area contributed by atoms with E-state index in [4.69, 9.17) is 4.74 Å². The summed E-state index contributed by atoms with van der Waals surface area (Å²) in [5.41, 5.74) is 1.97. The number of benzene rings is 3. The van der Waals surface area contributed by atoms with Gasteiger partial charge in [-0.15, -0.1) is 11.3 Å². The number of fused-ring (bicyclic) bond motifs is 1. The Morgan fingerprint density at radius 3 is 2.44 bits per heavy atom. The van der Waals surface area contributed by atoms with Crippen molar-refractivity contribution in [1.82, 2.24) is 4.98 Å². The van der Waals surface area contributed by atoms with Crippen molar-refractivity contribution in [3.63, 3.8) is 0 Å². The van der Waals surface area contributed by atoms with Crippen molar-refractivity contribution >= 4 is 56.5 Å². The summed E-state index contributed by atoms with van der Waals surface area (Å²) >= 11 is 2.75. The van der Waals surface area contributed by atoms with Gasteiger partial charge in [0.25, 0.3) is 5.91 Å². The van der Waals surface area contributed by atoms with Crippen LogP contribution >= 0.6 is 23.1 Å². The second-order valence-corrected chi connectivity index (χ2v) is 8.91. The Morgan fingerprint density at radius 1 is 0.938 bits per heavy atom. The van der Waals surface area contributed by atoms with Crippen molar-refractivity contribution in [3.8, 4) is 5.75 Å². The minimum Gasteiger partial charge on any atom is -0.484 e. The molecule has 0 aliphatic rings. The van der Waals surface area contributed by atoms with Gasteiger partial charge in [-0.1, -0.05) is 30.0 Å². The van der Waals surface area contributed by atoms with Gasteiger partial charge in [0.2, 0.25) is 5.91 Å². The van der Waals surface area contributed by atoms with Gasteiger partial charge in [-0.2, -0.15) is 0 Å². The van der Waals surface area contributed by atoms with Crippen LogP contribution in [0.4, 0.5) is 15.8 Å². The lowest BCUT2D eigenvalue weighted by atomic mass is 10.3. The Hall–Kier alpha value is -3.43. The second kappa shape index (κ2) is 10.3. The molecule has 0 atom stereocenters. The fourth-order valence-electron chi connectivity index (χ4n) is 2.76. The van der Waals surface area contributed by atoms with Crippen LogP contribution in [0.3, 0.4) is 0 Å². The predicted octanol–water partition coefficient (Wildman–Crippen LogP) is 5.18. The summed E-state index contributed by atoms with van der Waals surface area (Å²) in [5, 5.41) is 5.53. The monoisotopic (exact) mass is 467 g/mol. The summed E-state index contributed by atoms with van der Waals surface area (Å²) in [5.74, 6) is -0.00807. The van der Waals surface area contributed by atoms with Gasteiger partial charge < -0.3 is 15.4 Å². The van der Waals surface area contributed by atoms with Crippen molar-refractivity contribution < 1.29 is 18.7 Å². The summed E-state index contributed by atoms with van der Waals surface area (Å²) in [6.45, 7) is -0.0883. The molecule has 162 valence electrons. The van der Waals surface area contributed by atoms with E-state index in [2.05, 4.69) is 15.6 Å². The SMILES string of the molecule is O=C(COc1ccccc1)Nc1ccc2nc(SCC(=O)Nc3ccc(F)cc3)sc2c1. The van der Waals surface area contributed by atoms with Crippen molar-refractivity contribution in [2.75, 3.05) is 23.0 Å². The number of hydrogen-bond donors (Lipinski definition) is 2. The molecule has 0 spiro atoms. The second-order valence-electron chi connectivity index (χ2n) is 6.66. The lowest BCUT2D eigenvalue weighted by Gasteiger charge is -2.07. The zero-order valence-electron chi connectivity index (χ0n) is 16.7. The molecular weight excluding hydrogens is 449 g/mol. The van der Waals surface area contributed by atoms with Crippen molar-refractivity contribution in [2.24, 2.45) is 0 Å². The van der Waals surface area contributed by atoms with Gasteiger partial charge in [0.1, 0.15) is 11.6 Å². The molecule has 4 aromatic rings. The van der Waals surface area contributed by atoms with E-state index < -0.39 is 0 Å². The molecule has 0 radical (unpaired) electrons. The number of halogens is 1. The van der Waals surface area contributed by atoms with Crippen LogP contribution in [-0.2, 0) is 9.59 Å². The zero-order chi connectivity index (χ0) is 22.3. The lowest BCUT2D eigenvalue weighted by molar-refractivity contribution is -0.118. The summed E-state index contributed by atoms with van der Waals surface area (Å²) in [6, 6.07) is 20.2. The summed E-state index contributed by atoms with van der Waals surface area (Å²) in [6.07, 6.45) is 0. The fraction of sp³-hybridized carbons (Fsp3) is 0.0870. The molecular formula is C23H18FN3O3S2. The number of carbonyl (C=O) groups is 2. The van der Waals surface area contributed by atoms with Gasteiger partial charge in [0.05, 0.1) is 16.0 Å². The fourth-order valence-corrected chi connectivity index (χ4v) is 4.67. The van der Waals surface area contributed by atoms with Crippen LogP contribution in [0.1, 0.15) is 0 Å². The molecule has 4 rings (SSSR count). The zero-order valence-corrected chi connectivity index (χ0v) is 18.3. The number of nitrogens with zero attached hydrogens (tertiary/aromatic N) is 1. The third-order valence-corrected chi connectivity index (χ3v) is 6.38. The number of para-hydroxylation sites is 1. The van der Waals surface area contributed by atoms with E-state index in [0.717, 1.165) is 14.6 Å². The van der Waals surface area contributed by atoms with E-state index in [1.807, 2.05) is 30.3 Å². The van der Waals surface area contributed by atoms with Gasteiger partial charge in [-0.05, 0) is 54.6 Å². The molecule has 0 aliphatic heterocycles. The smallest absolute Gasteiger partial charge is 0.262 e. The van der Waals surface area contributed by atoms with E-state index in [9.17, 15) is 14.0 Å². The van der Waals surface area contributed by atoms with Gasteiger partial charge >= 0.3 is 0 Å². The highest BCUT2D eigenvalue weighted by Gasteiger charge is 2.10. The van der Waals surface area contributed by atoms with E-state index in [1.165, 1.54) is 47.4 Å². The molecule has 2 amide bonds. The number of ether oxygens (including phenoxy) is 1. The largest absolute Gasteiger partial charge is 0.484 e. The molecule has 0 unspecified atom stereocenters. The van der Waals surface area contributed by atoms with Gasteiger partial charge in [-0.3, -0.25) is 9.59 Å². The molecule has 0 fully saturated rings. The van der Waals surface area contributed by atoms with E-state index in [0.29, 0.717) is 17.1 Å². The first kappa shape index (κ1) is 21.8. The van der Waals surface area contributed by atoms with Crippen LogP contribution in [-0.4, -0.2) is 29.2 Å². The molecule has 32 heavy (non-hydrogen) atoms. The summed E-state index contributed by atoms with van der Waals surface area (Å²) < 4.78 is 20.0. The number of thioether (sulfide) groups is 1. The first-order chi connectivity index (χ1) is 15.5. The van der Waals surface area contributed by atoms with Crippen LogP contribution in [0.5, 0.6) is 5.75 Å². The number of carbonyl (C=O) groups excluding carboxylic acids is 2. The molecule has 3 aromatic carbocycles. The van der Waals surface area contributed by atoms with Crippen molar-refractivity contribution in [3.05, 3.63) is 78.6 Å². The molecule has 2 N–H and O–H groups in total. The number of anilines is 2. The topological polar surface area (TPSA) is 80.3 Å². The van der Waals surface area contributed by atoms with Gasteiger partial charge in [0.15, 0.2) is 10.9 Å². The Kier molecular flexibility index (Phi) is 6.98. The lowest BCUT2D eigenvalue weighted by Crippen LogP contribution is -2.20. The minimum absolute atomic E-state index is 0.0883. The third kappa shape index (κ3) is 6.05. The maximum atomic E-state index is 12.9. The van der Waals surface area contributed by atoms with Crippen LogP contribution in [0.25, 0.3) is 10.2 Å².